The second-order valence-corrected chi connectivity index (χ2v) is 5.26. The van der Waals surface area contributed by atoms with Crippen molar-refractivity contribution in [1.29, 1.82) is 0 Å². The third-order valence-corrected chi connectivity index (χ3v) is 3.80. The van der Waals surface area contributed by atoms with E-state index in [1.807, 2.05) is 11.9 Å². The van der Waals surface area contributed by atoms with Crippen molar-refractivity contribution in [1.82, 2.24) is 4.90 Å². The van der Waals surface area contributed by atoms with E-state index in [0.717, 1.165) is 31.6 Å². The number of nitrogens with zero attached hydrogens (tertiary/aromatic N) is 1. The summed E-state index contributed by atoms with van der Waals surface area (Å²) in [6, 6.07) is 0.126. The van der Waals surface area contributed by atoms with Gasteiger partial charge in [0.05, 0.1) is 6.04 Å². The minimum absolute atomic E-state index is 0.126. The Hall–Kier alpha value is -0.570. The van der Waals surface area contributed by atoms with E-state index in [9.17, 15) is 4.79 Å². The highest BCUT2D eigenvalue weighted by Gasteiger charge is 2.27. The van der Waals surface area contributed by atoms with E-state index in [1.54, 1.807) is 0 Å². The van der Waals surface area contributed by atoms with Crippen LogP contribution in [0.5, 0.6) is 0 Å². The lowest BCUT2D eigenvalue weighted by molar-refractivity contribution is -0.134. The summed E-state index contributed by atoms with van der Waals surface area (Å²) in [5.41, 5.74) is 5.87. The fourth-order valence-electron chi connectivity index (χ4n) is 2.51. The summed E-state index contributed by atoms with van der Waals surface area (Å²) in [7, 11) is 1.92. The Bertz CT molecular complexity index is 222. The zero-order chi connectivity index (χ0) is 12.1. The first-order valence-electron chi connectivity index (χ1n) is 6.58. The summed E-state index contributed by atoms with van der Waals surface area (Å²) in [6.07, 6.45) is 6.54. The molecule has 1 fully saturated rings. The first-order chi connectivity index (χ1) is 7.56. The van der Waals surface area contributed by atoms with Gasteiger partial charge in [0.2, 0.25) is 5.91 Å². The molecule has 16 heavy (non-hydrogen) atoms. The molecule has 1 amide bonds. The van der Waals surface area contributed by atoms with Crippen LogP contribution in [0.1, 0.15) is 52.4 Å². The number of hydrogen-bond acceptors (Lipinski definition) is 2. The second-order valence-electron chi connectivity index (χ2n) is 5.26. The van der Waals surface area contributed by atoms with E-state index in [2.05, 4.69) is 13.8 Å². The average molecular weight is 226 g/mol. The van der Waals surface area contributed by atoms with Crippen molar-refractivity contribution in [3.05, 3.63) is 0 Å². The molecule has 2 N–H and O–H groups in total. The first kappa shape index (κ1) is 13.5. The molecule has 0 saturated heterocycles. The fraction of sp³-hybridized carbons (Fsp3) is 0.923. The van der Waals surface area contributed by atoms with Gasteiger partial charge < -0.3 is 10.6 Å². The lowest BCUT2D eigenvalue weighted by atomic mass is 9.86. The maximum absolute atomic E-state index is 12.0. The fourth-order valence-corrected chi connectivity index (χ4v) is 2.51. The molecule has 0 aromatic carbocycles. The van der Waals surface area contributed by atoms with Crippen molar-refractivity contribution in [3.8, 4) is 0 Å². The Morgan fingerprint density at radius 2 is 1.94 bits per heavy atom. The molecule has 94 valence electrons. The van der Waals surface area contributed by atoms with Crippen molar-refractivity contribution in [2.45, 2.75) is 64.5 Å². The van der Waals surface area contributed by atoms with E-state index < -0.39 is 0 Å². The molecule has 0 aromatic rings. The molecule has 1 aliphatic carbocycles. The van der Waals surface area contributed by atoms with Gasteiger partial charge >= 0.3 is 0 Å². The molecular formula is C13H26N2O. The van der Waals surface area contributed by atoms with E-state index in [-0.39, 0.29) is 11.9 Å². The number of carbonyl (C=O) groups is 1. The summed E-state index contributed by atoms with van der Waals surface area (Å²) in [4.78, 5) is 13.9. The molecule has 3 heteroatoms. The Morgan fingerprint density at radius 3 is 2.44 bits per heavy atom. The zero-order valence-electron chi connectivity index (χ0n) is 10.9. The van der Waals surface area contributed by atoms with Gasteiger partial charge in [-0.1, -0.05) is 20.3 Å². The van der Waals surface area contributed by atoms with Gasteiger partial charge in [-0.05, 0) is 38.0 Å². The highest BCUT2D eigenvalue weighted by molar-refractivity contribution is 5.81. The molecule has 0 radical (unpaired) electrons. The maximum atomic E-state index is 12.0. The van der Waals surface area contributed by atoms with Crippen LogP contribution < -0.4 is 5.73 Å². The Morgan fingerprint density at radius 1 is 1.38 bits per heavy atom. The molecule has 1 aliphatic rings. The van der Waals surface area contributed by atoms with Crippen LogP contribution in [0.3, 0.4) is 0 Å². The molecule has 3 nitrogen and oxygen atoms in total. The normalized spacial score (nSPS) is 27.5. The quantitative estimate of drug-likeness (QED) is 0.798. The summed E-state index contributed by atoms with van der Waals surface area (Å²) in [5.74, 6) is 0.950. The Balaban J connectivity index is 2.44. The molecule has 0 spiro atoms. The van der Waals surface area contributed by atoms with Crippen LogP contribution in [-0.4, -0.2) is 29.9 Å². The molecule has 1 atom stereocenters. The number of nitrogens with two attached hydrogens (primary N) is 1. The molecule has 0 bridgehead atoms. The molecule has 0 aliphatic heterocycles. The van der Waals surface area contributed by atoms with Crippen LogP contribution in [-0.2, 0) is 4.79 Å². The Labute approximate surface area is 99.4 Å². The van der Waals surface area contributed by atoms with Crippen LogP contribution in [0.2, 0.25) is 0 Å². The predicted octanol–water partition coefficient (Wildman–Crippen LogP) is 2.15. The van der Waals surface area contributed by atoms with Gasteiger partial charge in [-0.15, -0.1) is 0 Å². The van der Waals surface area contributed by atoms with Gasteiger partial charge in [0.1, 0.15) is 0 Å². The summed E-state index contributed by atoms with van der Waals surface area (Å²) >= 11 is 0. The van der Waals surface area contributed by atoms with E-state index in [1.165, 1.54) is 12.8 Å². The van der Waals surface area contributed by atoms with Crippen LogP contribution in [0.25, 0.3) is 0 Å². The van der Waals surface area contributed by atoms with Crippen molar-refractivity contribution < 1.29 is 4.79 Å². The molecule has 1 rings (SSSR count). The number of hydrogen-bond donors (Lipinski definition) is 1. The van der Waals surface area contributed by atoms with Crippen molar-refractivity contribution in [2.75, 3.05) is 7.05 Å². The number of rotatable bonds is 4. The number of likely N-dealkylation sites (N-methyl/N-ethyl adjacent to an activating group) is 1. The molecule has 0 aromatic heterocycles. The van der Waals surface area contributed by atoms with Crippen molar-refractivity contribution in [3.63, 3.8) is 0 Å². The second kappa shape index (κ2) is 6.24. The lowest BCUT2D eigenvalue weighted by Gasteiger charge is -2.34. The Kier molecular flexibility index (Phi) is 5.26. The third-order valence-electron chi connectivity index (χ3n) is 3.80. The number of carbonyl (C=O) groups excluding carboxylic acids is 1. The summed E-state index contributed by atoms with van der Waals surface area (Å²) in [6.45, 7) is 4.36. The first-order valence-corrected chi connectivity index (χ1v) is 6.58. The molecule has 1 unspecified atom stereocenters. The topological polar surface area (TPSA) is 46.3 Å². The van der Waals surface area contributed by atoms with Crippen LogP contribution >= 0.6 is 0 Å². The highest BCUT2D eigenvalue weighted by atomic mass is 16.2. The summed E-state index contributed by atoms with van der Waals surface area (Å²) < 4.78 is 0. The van der Waals surface area contributed by atoms with Gasteiger partial charge in [0.25, 0.3) is 0 Å². The van der Waals surface area contributed by atoms with Gasteiger partial charge in [-0.25, -0.2) is 0 Å². The van der Waals surface area contributed by atoms with Crippen molar-refractivity contribution >= 4 is 5.91 Å². The minimum Gasteiger partial charge on any atom is -0.341 e. The average Bonchev–Trinajstić information content (AvgIpc) is 2.28. The minimum atomic E-state index is -0.297. The predicted molar refractivity (Wildman–Crippen MR) is 67.1 cm³/mol. The number of amides is 1. The zero-order valence-corrected chi connectivity index (χ0v) is 10.9. The van der Waals surface area contributed by atoms with Crippen LogP contribution in [0.15, 0.2) is 0 Å². The lowest BCUT2D eigenvalue weighted by Crippen LogP contribution is -2.47. The third kappa shape index (κ3) is 3.48. The van der Waals surface area contributed by atoms with E-state index in [4.69, 9.17) is 5.73 Å². The maximum Gasteiger partial charge on any atom is 0.239 e. The van der Waals surface area contributed by atoms with Crippen molar-refractivity contribution in [2.24, 2.45) is 11.7 Å². The highest BCUT2D eigenvalue weighted by Crippen LogP contribution is 2.26. The van der Waals surface area contributed by atoms with Gasteiger partial charge in [0, 0.05) is 13.1 Å². The van der Waals surface area contributed by atoms with Crippen LogP contribution in [0, 0.1) is 5.92 Å². The summed E-state index contributed by atoms with van der Waals surface area (Å²) in [5, 5.41) is 0. The SMILES string of the molecule is CCCC(N)C(=O)N(C)C1CCC(C)CC1. The standard InChI is InChI=1S/C13H26N2O/c1-4-5-12(14)13(16)15(3)11-8-6-10(2)7-9-11/h10-12H,4-9,14H2,1-3H3. The largest absolute Gasteiger partial charge is 0.341 e. The molecule has 1 saturated carbocycles. The van der Waals surface area contributed by atoms with Gasteiger partial charge in [0.15, 0.2) is 0 Å². The van der Waals surface area contributed by atoms with Gasteiger partial charge in [-0.2, -0.15) is 0 Å². The molecule has 0 heterocycles. The van der Waals surface area contributed by atoms with Gasteiger partial charge in [-0.3, -0.25) is 4.79 Å². The van der Waals surface area contributed by atoms with Crippen LogP contribution in [0.4, 0.5) is 0 Å². The monoisotopic (exact) mass is 226 g/mol. The van der Waals surface area contributed by atoms with E-state index in [0.29, 0.717) is 6.04 Å². The van der Waals surface area contributed by atoms with E-state index >= 15 is 0 Å². The molecular weight excluding hydrogens is 200 g/mol. The smallest absolute Gasteiger partial charge is 0.239 e.